The summed E-state index contributed by atoms with van der Waals surface area (Å²) in [7, 11) is 0. The molecule has 5 heteroatoms. The molecule has 1 aliphatic rings. The minimum Gasteiger partial charge on any atom is -0.341 e. The molecule has 0 bridgehead atoms. The minimum atomic E-state index is -0.452. The van der Waals surface area contributed by atoms with E-state index >= 15 is 0 Å². The number of aromatic nitrogens is 1. The number of rotatable bonds is 5. The predicted octanol–water partition coefficient (Wildman–Crippen LogP) is 5.81. The molecule has 0 N–H and O–H groups in total. The van der Waals surface area contributed by atoms with E-state index in [-0.39, 0.29) is 11.7 Å². The monoisotopic (exact) mass is 414 g/mol. The van der Waals surface area contributed by atoms with Crippen molar-refractivity contribution in [3.05, 3.63) is 71.3 Å². The zero-order valence-corrected chi connectivity index (χ0v) is 18.3. The first-order valence-electron chi connectivity index (χ1n) is 10.6. The first-order chi connectivity index (χ1) is 14.9. The van der Waals surface area contributed by atoms with Gasteiger partial charge in [0, 0.05) is 52.3 Å². The van der Waals surface area contributed by atoms with E-state index in [2.05, 4.69) is 41.8 Å². The Morgan fingerprint density at radius 1 is 1.06 bits per heavy atom. The summed E-state index contributed by atoms with van der Waals surface area (Å²) in [6.45, 7) is 8.12. The highest BCUT2D eigenvalue weighted by Gasteiger charge is 2.20. The third-order valence-electron chi connectivity index (χ3n) is 5.82. The minimum absolute atomic E-state index is 0.0832. The molecule has 0 radical (unpaired) electrons. The number of Topliss-reactive ketones (excluding diaryl/α,β-unsaturated/α-hetero) is 1. The van der Waals surface area contributed by atoms with Gasteiger partial charge >= 0.3 is 5.97 Å². The number of aryl methyl sites for hydroxylation is 1. The van der Waals surface area contributed by atoms with E-state index in [0.29, 0.717) is 11.3 Å². The number of nitrogens with zero attached hydrogens (tertiary/aromatic N) is 2. The second-order valence-electron chi connectivity index (χ2n) is 7.91. The number of benzene rings is 2. The molecular weight excluding hydrogens is 388 g/mol. The Labute approximate surface area is 181 Å². The van der Waals surface area contributed by atoms with Gasteiger partial charge in [0.1, 0.15) is 0 Å². The normalized spacial score (nSPS) is 16.6. The summed E-state index contributed by atoms with van der Waals surface area (Å²) in [5, 5.41) is 6.00. The number of hydrogen-bond acceptors (Lipinski definition) is 4. The fraction of sp³-hybridized carbons (Fsp3) is 0.269. The Balaban J connectivity index is 1.85. The van der Waals surface area contributed by atoms with Crippen LogP contribution >= 0.6 is 0 Å². The predicted molar refractivity (Wildman–Crippen MR) is 124 cm³/mol. The average Bonchev–Trinajstić information content (AvgIpc) is 3.09. The first kappa shape index (κ1) is 20.8. The second kappa shape index (κ2) is 8.34. The Hall–Kier alpha value is -3.47. The highest BCUT2D eigenvalue weighted by Crippen LogP contribution is 2.32. The molecule has 0 spiro atoms. The smallest absolute Gasteiger partial charge is 0.331 e. The van der Waals surface area contributed by atoms with Crippen molar-refractivity contribution in [3.63, 3.8) is 0 Å². The lowest BCUT2D eigenvalue weighted by Gasteiger charge is -2.15. The number of ketones is 1. The Bertz CT molecular complexity index is 1290. The van der Waals surface area contributed by atoms with E-state index in [4.69, 9.17) is 4.84 Å². The van der Waals surface area contributed by atoms with Crippen LogP contribution in [0.1, 0.15) is 50.0 Å². The number of oxime groups is 1. The molecule has 0 fully saturated rings. The lowest BCUT2D eigenvalue weighted by atomic mass is 9.88. The molecule has 1 unspecified atom stereocenters. The number of carbonyl (C=O) groups excluding carboxylic acids is 2. The molecule has 3 aromatic rings. The number of carbonyl (C=O) groups is 2. The third kappa shape index (κ3) is 3.83. The molecule has 0 aliphatic heterocycles. The van der Waals surface area contributed by atoms with Gasteiger partial charge in [0.25, 0.3) is 0 Å². The van der Waals surface area contributed by atoms with Crippen molar-refractivity contribution in [2.45, 2.75) is 40.7 Å². The Kier molecular flexibility index (Phi) is 5.59. The fourth-order valence-electron chi connectivity index (χ4n) is 4.23. The van der Waals surface area contributed by atoms with E-state index in [1.807, 2.05) is 43.3 Å². The molecule has 0 saturated heterocycles. The van der Waals surface area contributed by atoms with Crippen LogP contribution < -0.4 is 0 Å². The van der Waals surface area contributed by atoms with Crippen LogP contribution in [0.2, 0.25) is 0 Å². The van der Waals surface area contributed by atoms with Crippen LogP contribution in [0.5, 0.6) is 0 Å². The van der Waals surface area contributed by atoms with Gasteiger partial charge in [-0.3, -0.25) is 4.79 Å². The van der Waals surface area contributed by atoms with Gasteiger partial charge in [-0.2, -0.15) is 0 Å². The van der Waals surface area contributed by atoms with E-state index in [9.17, 15) is 9.59 Å². The SMILES string of the molecule is CCn1c2ccc(C(=O)C3=CCC=CC3C)cc2c2cc(C(C)=NOC(C)=O)ccc21. The Morgan fingerprint density at radius 2 is 1.71 bits per heavy atom. The van der Waals surface area contributed by atoms with Gasteiger partial charge in [-0.25, -0.2) is 4.79 Å². The zero-order valence-electron chi connectivity index (χ0n) is 18.3. The summed E-state index contributed by atoms with van der Waals surface area (Å²) in [6, 6.07) is 12.0. The van der Waals surface area contributed by atoms with Crippen molar-refractivity contribution in [1.82, 2.24) is 4.57 Å². The summed E-state index contributed by atoms with van der Waals surface area (Å²) in [5.74, 6) is -0.243. The van der Waals surface area contributed by atoms with Gasteiger partial charge in [0.2, 0.25) is 0 Å². The van der Waals surface area contributed by atoms with E-state index in [1.165, 1.54) is 6.92 Å². The molecule has 1 atom stereocenters. The first-order valence-corrected chi connectivity index (χ1v) is 10.6. The van der Waals surface area contributed by atoms with E-state index in [1.54, 1.807) is 0 Å². The van der Waals surface area contributed by atoms with Crippen LogP contribution in [0.25, 0.3) is 21.8 Å². The molecule has 158 valence electrons. The van der Waals surface area contributed by atoms with Crippen LogP contribution in [0.4, 0.5) is 0 Å². The maximum atomic E-state index is 13.2. The van der Waals surface area contributed by atoms with Crippen LogP contribution in [-0.4, -0.2) is 22.0 Å². The fourth-order valence-corrected chi connectivity index (χ4v) is 4.23. The maximum absolute atomic E-state index is 13.2. The van der Waals surface area contributed by atoms with Crippen molar-refractivity contribution in [2.24, 2.45) is 11.1 Å². The maximum Gasteiger partial charge on any atom is 0.331 e. The summed E-state index contributed by atoms with van der Waals surface area (Å²) in [4.78, 5) is 29.1. The zero-order chi connectivity index (χ0) is 22.1. The van der Waals surface area contributed by atoms with Gasteiger partial charge in [-0.1, -0.05) is 36.4 Å². The van der Waals surface area contributed by atoms with Gasteiger partial charge < -0.3 is 9.40 Å². The molecule has 31 heavy (non-hydrogen) atoms. The van der Waals surface area contributed by atoms with Crippen LogP contribution in [0.15, 0.2) is 65.4 Å². The van der Waals surface area contributed by atoms with E-state index < -0.39 is 5.97 Å². The molecule has 4 rings (SSSR count). The molecule has 1 aliphatic carbocycles. The molecule has 0 amide bonds. The average molecular weight is 415 g/mol. The number of allylic oxidation sites excluding steroid dienone is 4. The highest BCUT2D eigenvalue weighted by molar-refractivity contribution is 6.16. The molecule has 0 saturated carbocycles. The molecule has 5 nitrogen and oxygen atoms in total. The summed E-state index contributed by atoms with van der Waals surface area (Å²) < 4.78 is 2.24. The van der Waals surface area contributed by atoms with Crippen molar-refractivity contribution in [2.75, 3.05) is 0 Å². The molecule has 1 heterocycles. The van der Waals surface area contributed by atoms with Crippen LogP contribution in [0, 0.1) is 5.92 Å². The summed E-state index contributed by atoms with van der Waals surface area (Å²) in [5.41, 5.74) is 5.23. The van der Waals surface area contributed by atoms with Gasteiger partial charge in [0.05, 0.1) is 5.71 Å². The molecule has 2 aromatic carbocycles. The molecule has 1 aromatic heterocycles. The Morgan fingerprint density at radius 3 is 2.32 bits per heavy atom. The lowest BCUT2D eigenvalue weighted by molar-refractivity contribution is -0.140. The van der Waals surface area contributed by atoms with Crippen molar-refractivity contribution >= 4 is 39.3 Å². The topological polar surface area (TPSA) is 60.7 Å². The standard InChI is InChI=1S/C26H26N2O3/c1-5-28-24-12-10-19(17(3)27-31-18(4)29)14-22(24)23-15-20(11-13-25(23)28)26(30)21-9-7-6-8-16(21)2/h6,8-16H,5,7H2,1-4H3. The lowest BCUT2D eigenvalue weighted by Crippen LogP contribution is -2.11. The van der Waals surface area contributed by atoms with Crippen molar-refractivity contribution in [1.29, 1.82) is 0 Å². The largest absolute Gasteiger partial charge is 0.341 e. The second-order valence-corrected chi connectivity index (χ2v) is 7.91. The van der Waals surface area contributed by atoms with Crippen LogP contribution in [-0.2, 0) is 16.2 Å². The van der Waals surface area contributed by atoms with Gasteiger partial charge in [0.15, 0.2) is 5.78 Å². The number of hydrogen-bond donors (Lipinski definition) is 0. The number of fused-ring (bicyclic) bond motifs is 3. The highest BCUT2D eigenvalue weighted by atomic mass is 16.7. The third-order valence-corrected chi connectivity index (χ3v) is 5.82. The van der Waals surface area contributed by atoms with Gasteiger partial charge in [-0.05, 0) is 56.2 Å². The van der Waals surface area contributed by atoms with Crippen molar-refractivity contribution in [3.8, 4) is 0 Å². The van der Waals surface area contributed by atoms with Gasteiger partial charge in [-0.15, -0.1) is 0 Å². The summed E-state index contributed by atoms with van der Waals surface area (Å²) >= 11 is 0. The molecular formula is C26H26N2O3. The van der Waals surface area contributed by atoms with Crippen LogP contribution in [0.3, 0.4) is 0 Å². The van der Waals surface area contributed by atoms with Crippen molar-refractivity contribution < 1.29 is 14.4 Å². The summed E-state index contributed by atoms with van der Waals surface area (Å²) in [6.07, 6.45) is 7.01. The van der Waals surface area contributed by atoms with E-state index in [0.717, 1.165) is 45.9 Å². The quantitative estimate of drug-likeness (QED) is 0.174.